The van der Waals surface area contributed by atoms with E-state index in [0.29, 0.717) is 11.8 Å². The first-order chi connectivity index (χ1) is 20.8. The zero-order valence-electron chi connectivity index (χ0n) is 25.8. The molecule has 0 aliphatic carbocycles. The Bertz CT molecular complexity index is 2100. The average molecular weight is 564 g/mol. The van der Waals surface area contributed by atoms with Crippen molar-refractivity contribution in [3.63, 3.8) is 0 Å². The van der Waals surface area contributed by atoms with Crippen molar-refractivity contribution >= 4 is 33.0 Å². The Hall–Kier alpha value is -4.70. The van der Waals surface area contributed by atoms with Crippen LogP contribution in [-0.4, -0.2) is 14.5 Å². The highest BCUT2D eigenvalue weighted by Gasteiger charge is 2.23. The van der Waals surface area contributed by atoms with Gasteiger partial charge >= 0.3 is 0 Å². The molecule has 4 nitrogen and oxygen atoms in total. The Morgan fingerprint density at radius 3 is 2.09 bits per heavy atom. The van der Waals surface area contributed by atoms with Gasteiger partial charge in [0.2, 0.25) is 0 Å². The van der Waals surface area contributed by atoms with Crippen LogP contribution in [0.3, 0.4) is 0 Å². The minimum atomic E-state index is 0.368. The van der Waals surface area contributed by atoms with Gasteiger partial charge in [0.25, 0.3) is 0 Å². The fourth-order valence-electron chi connectivity index (χ4n) is 6.61. The monoisotopic (exact) mass is 563 g/mol. The van der Waals surface area contributed by atoms with Gasteiger partial charge in [0.1, 0.15) is 11.4 Å². The summed E-state index contributed by atoms with van der Waals surface area (Å²) >= 11 is 0. The van der Waals surface area contributed by atoms with E-state index < -0.39 is 0 Å². The van der Waals surface area contributed by atoms with Crippen molar-refractivity contribution in [2.75, 3.05) is 0 Å². The van der Waals surface area contributed by atoms with E-state index in [1.54, 1.807) is 0 Å². The molecule has 0 atom stereocenters. The molecule has 0 N–H and O–H groups in total. The largest absolute Gasteiger partial charge is 0.453 e. The number of fused-ring (bicyclic) bond motifs is 4. The van der Waals surface area contributed by atoms with E-state index in [2.05, 4.69) is 128 Å². The first kappa shape index (κ1) is 27.2. The van der Waals surface area contributed by atoms with Gasteiger partial charge in [-0.2, -0.15) is 0 Å². The standard InChI is InChI=1S/C39H37N3O/c1-23(2)31-20-28(27-13-8-7-9-14-27)21-32(24(3)4)34(31)22-42-36-18-11-10-17-35(36)41-39(42)30-16-12-15-29-33-19-25(5)40-26(6)37(33)43-38(29)30/h7-21,23-24H,22H2,1-6H3. The SMILES string of the molecule is Cc1cc2c(oc3c(-c4nc5ccccc5n4Cc4c(C(C)C)cc(-c5ccccc5)cc4C(C)C)cccc32)c(C)n1. The van der Waals surface area contributed by atoms with Gasteiger partial charge < -0.3 is 8.98 Å². The Morgan fingerprint density at radius 1 is 0.674 bits per heavy atom. The summed E-state index contributed by atoms with van der Waals surface area (Å²) in [6, 6.07) is 32.5. The number of hydrogen-bond donors (Lipinski definition) is 0. The Labute approximate surface area is 253 Å². The summed E-state index contributed by atoms with van der Waals surface area (Å²) < 4.78 is 8.99. The lowest BCUT2D eigenvalue weighted by atomic mass is 9.85. The van der Waals surface area contributed by atoms with Gasteiger partial charge in [-0.25, -0.2) is 4.98 Å². The molecule has 0 amide bonds. The van der Waals surface area contributed by atoms with E-state index in [4.69, 9.17) is 9.40 Å². The third-order valence-corrected chi connectivity index (χ3v) is 8.66. The lowest BCUT2D eigenvalue weighted by Gasteiger charge is -2.23. The number of nitrogens with zero attached hydrogens (tertiary/aromatic N) is 3. The maximum absolute atomic E-state index is 6.60. The molecule has 0 saturated carbocycles. The summed E-state index contributed by atoms with van der Waals surface area (Å²) in [5, 5.41) is 2.20. The summed E-state index contributed by atoms with van der Waals surface area (Å²) in [5.41, 5.74) is 13.4. The van der Waals surface area contributed by atoms with Crippen LogP contribution in [0.5, 0.6) is 0 Å². The van der Waals surface area contributed by atoms with Crippen molar-refractivity contribution in [3.05, 3.63) is 119 Å². The smallest absolute Gasteiger partial charge is 0.156 e. The van der Waals surface area contributed by atoms with Crippen LogP contribution in [0, 0.1) is 13.8 Å². The predicted octanol–water partition coefficient (Wildman–Crippen LogP) is 10.6. The molecule has 3 aromatic heterocycles. The lowest BCUT2D eigenvalue weighted by molar-refractivity contribution is 0.662. The van der Waals surface area contributed by atoms with Crippen LogP contribution in [0.1, 0.15) is 67.6 Å². The van der Waals surface area contributed by atoms with Gasteiger partial charge in [-0.15, -0.1) is 0 Å². The fraction of sp³-hybridized carbons (Fsp3) is 0.231. The molecule has 214 valence electrons. The number of pyridine rings is 1. The molecule has 0 unspecified atom stereocenters. The second kappa shape index (κ2) is 10.5. The molecule has 4 heteroatoms. The second-order valence-corrected chi connectivity index (χ2v) is 12.3. The summed E-state index contributed by atoms with van der Waals surface area (Å²) in [6.45, 7) is 14.0. The highest BCUT2D eigenvalue weighted by molar-refractivity contribution is 6.10. The van der Waals surface area contributed by atoms with E-state index in [1.165, 1.54) is 27.8 Å². The Morgan fingerprint density at radius 2 is 1.37 bits per heavy atom. The van der Waals surface area contributed by atoms with E-state index in [9.17, 15) is 0 Å². The third-order valence-electron chi connectivity index (χ3n) is 8.66. The van der Waals surface area contributed by atoms with Crippen LogP contribution >= 0.6 is 0 Å². The van der Waals surface area contributed by atoms with Gasteiger partial charge in [-0.1, -0.05) is 94.4 Å². The number of imidazole rings is 1. The van der Waals surface area contributed by atoms with E-state index in [1.807, 2.05) is 13.8 Å². The zero-order valence-corrected chi connectivity index (χ0v) is 25.8. The lowest BCUT2D eigenvalue weighted by Crippen LogP contribution is -2.11. The van der Waals surface area contributed by atoms with Crippen LogP contribution in [0.25, 0.3) is 55.5 Å². The minimum absolute atomic E-state index is 0.368. The first-order valence-corrected chi connectivity index (χ1v) is 15.3. The fourth-order valence-corrected chi connectivity index (χ4v) is 6.61. The van der Waals surface area contributed by atoms with Crippen molar-refractivity contribution in [1.82, 2.24) is 14.5 Å². The number of aromatic nitrogens is 3. The van der Waals surface area contributed by atoms with Crippen molar-refractivity contribution in [2.24, 2.45) is 0 Å². The highest BCUT2D eigenvalue weighted by atomic mass is 16.3. The van der Waals surface area contributed by atoms with Gasteiger partial charge in [-0.05, 0) is 77.8 Å². The summed E-state index contributed by atoms with van der Waals surface area (Å²) in [5.74, 6) is 1.66. The molecule has 7 aromatic rings. The maximum Gasteiger partial charge on any atom is 0.156 e. The number of rotatable bonds is 6. The first-order valence-electron chi connectivity index (χ1n) is 15.3. The number of furan rings is 1. The van der Waals surface area contributed by atoms with Crippen LogP contribution < -0.4 is 0 Å². The van der Waals surface area contributed by atoms with Gasteiger partial charge in [0.05, 0.1) is 28.8 Å². The molecular weight excluding hydrogens is 526 g/mol. The van der Waals surface area contributed by atoms with Crippen molar-refractivity contribution in [3.8, 4) is 22.5 Å². The van der Waals surface area contributed by atoms with Gasteiger partial charge in [0, 0.05) is 16.5 Å². The zero-order chi connectivity index (χ0) is 29.8. The Balaban J connectivity index is 1.48. The predicted molar refractivity (Wildman–Crippen MR) is 179 cm³/mol. The molecular formula is C39H37N3O. The van der Waals surface area contributed by atoms with Crippen LogP contribution in [0.2, 0.25) is 0 Å². The maximum atomic E-state index is 6.60. The third kappa shape index (κ3) is 4.62. The topological polar surface area (TPSA) is 43.9 Å². The number of hydrogen-bond acceptors (Lipinski definition) is 3. The molecule has 7 rings (SSSR count). The van der Waals surface area contributed by atoms with Crippen molar-refractivity contribution in [2.45, 2.75) is 59.9 Å². The van der Waals surface area contributed by atoms with Crippen molar-refractivity contribution in [1.29, 1.82) is 0 Å². The highest BCUT2D eigenvalue weighted by Crippen LogP contribution is 2.39. The Kier molecular flexibility index (Phi) is 6.65. The second-order valence-electron chi connectivity index (χ2n) is 12.3. The molecule has 0 aliphatic heterocycles. The number of benzene rings is 4. The van der Waals surface area contributed by atoms with Gasteiger partial charge in [0.15, 0.2) is 5.58 Å². The van der Waals surface area contributed by atoms with E-state index in [-0.39, 0.29) is 0 Å². The van der Waals surface area contributed by atoms with Gasteiger partial charge in [-0.3, -0.25) is 4.98 Å². The normalized spacial score (nSPS) is 12.0. The van der Waals surface area contributed by atoms with Crippen LogP contribution in [-0.2, 0) is 6.54 Å². The van der Waals surface area contributed by atoms with E-state index in [0.717, 1.165) is 62.3 Å². The van der Waals surface area contributed by atoms with Crippen LogP contribution in [0.15, 0.2) is 95.4 Å². The summed E-state index contributed by atoms with van der Waals surface area (Å²) in [4.78, 5) is 9.92. The molecule has 43 heavy (non-hydrogen) atoms. The molecule has 4 aromatic carbocycles. The molecule has 0 fully saturated rings. The molecule has 3 heterocycles. The van der Waals surface area contributed by atoms with Crippen LogP contribution in [0.4, 0.5) is 0 Å². The minimum Gasteiger partial charge on any atom is -0.453 e. The summed E-state index contributed by atoms with van der Waals surface area (Å²) in [7, 11) is 0. The van der Waals surface area contributed by atoms with E-state index >= 15 is 0 Å². The quantitative estimate of drug-likeness (QED) is 0.202. The molecule has 0 radical (unpaired) electrons. The average Bonchev–Trinajstić information content (AvgIpc) is 3.56. The summed E-state index contributed by atoms with van der Waals surface area (Å²) in [6.07, 6.45) is 0. The number of para-hydroxylation sites is 3. The molecule has 0 spiro atoms. The molecule has 0 bridgehead atoms. The molecule has 0 aliphatic rings. The number of aryl methyl sites for hydroxylation is 2. The van der Waals surface area contributed by atoms with Crippen molar-refractivity contribution < 1.29 is 4.42 Å². The molecule has 0 saturated heterocycles.